The molecule has 0 fully saturated rings. The van der Waals surface area contributed by atoms with Crippen molar-refractivity contribution in [3.05, 3.63) is 94.0 Å². The number of hydrogen-bond acceptors (Lipinski definition) is 6. The van der Waals surface area contributed by atoms with Crippen LogP contribution in [0, 0.1) is 0 Å². The second kappa shape index (κ2) is 10.2. The molecule has 1 amide bonds. The monoisotopic (exact) mass is 519 g/mol. The lowest BCUT2D eigenvalue weighted by atomic mass is 10.1. The van der Waals surface area contributed by atoms with E-state index < -0.39 is 0 Å². The molecule has 3 aromatic carbocycles. The Balaban J connectivity index is 1.45. The number of carbonyl (C=O) groups excluding carboxylic acids is 1. The van der Waals surface area contributed by atoms with Gasteiger partial charge in [-0.15, -0.1) is 5.10 Å². The van der Waals surface area contributed by atoms with Gasteiger partial charge in [0.25, 0.3) is 11.9 Å². The van der Waals surface area contributed by atoms with Gasteiger partial charge < -0.3 is 4.74 Å². The molecule has 0 aliphatic rings. The van der Waals surface area contributed by atoms with Gasteiger partial charge in [0.1, 0.15) is 5.75 Å². The molecule has 2 N–H and O–H groups in total. The smallest absolute Gasteiger partial charge is 0.270 e. The summed E-state index contributed by atoms with van der Waals surface area (Å²) in [5.74, 6) is 0.548. The fourth-order valence-electron chi connectivity index (χ4n) is 3.65. The summed E-state index contributed by atoms with van der Waals surface area (Å²) >= 11 is 12.4. The maximum atomic E-state index is 12.4. The molecule has 0 saturated carbocycles. The number of hydrogen-bond donors (Lipinski definition) is 2. The zero-order valence-electron chi connectivity index (χ0n) is 18.9. The summed E-state index contributed by atoms with van der Waals surface area (Å²) in [6, 6.07) is 22.5. The van der Waals surface area contributed by atoms with Crippen LogP contribution in [0.4, 0.5) is 5.95 Å². The second-order valence-corrected chi connectivity index (χ2v) is 8.63. The number of tetrazole rings is 1. The Labute approximate surface area is 216 Å². The van der Waals surface area contributed by atoms with E-state index in [1.807, 2.05) is 53.2 Å². The predicted molar refractivity (Wildman–Crippen MR) is 137 cm³/mol. The molecule has 0 aliphatic carbocycles. The number of halogens is 2. The Kier molecular flexibility index (Phi) is 6.66. The molecular weight excluding hydrogens is 501 g/mol. The van der Waals surface area contributed by atoms with Crippen LogP contribution in [0.1, 0.15) is 15.9 Å². The normalized spacial score (nSPS) is 10.9. The third kappa shape index (κ3) is 5.07. The number of methoxy groups -OCH3 is 1. The van der Waals surface area contributed by atoms with E-state index in [2.05, 4.69) is 25.9 Å². The number of anilines is 1. The summed E-state index contributed by atoms with van der Waals surface area (Å²) in [7, 11) is 1.63. The van der Waals surface area contributed by atoms with Gasteiger partial charge in [0.05, 0.1) is 35.1 Å². The molecule has 180 valence electrons. The first-order valence-corrected chi connectivity index (χ1v) is 11.6. The Morgan fingerprint density at radius 2 is 1.72 bits per heavy atom. The van der Waals surface area contributed by atoms with Gasteiger partial charge in [-0.25, -0.2) is 0 Å². The maximum Gasteiger partial charge on any atom is 0.270 e. The van der Waals surface area contributed by atoms with Gasteiger partial charge in [-0.3, -0.25) is 14.8 Å². The molecule has 0 bridgehead atoms. The minimum Gasteiger partial charge on any atom is -0.497 e. The van der Waals surface area contributed by atoms with Crippen molar-refractivity contribution in [2.75, 3.05) is 12.4 Å². The van der Waals surface area contributed by atoms with E-state index >= 15 is 0 Å². The minimum absolute atomic E-state index is 0.111. The van der Waals surface area contributed by atoms with Gasteiger partial charge in [0, 0.05) is 16.7 Å². The van der Waals surface area contributed by atoms with E-state index in [9.17, 15) is 4.79 Å². The van der Waals surface area contributed by atoms with E-state index in [0.717, 1.165) is 33.8 Å². The molecule has 0 saturated heterocycles. The highest BCUT2D eigenvalue weighted by molar-refractivity contribution is 6.42. The molecular formula is C25H19Cl2N7O2. The number of aromatic nitrogens is 6. The second-order valence-electron chi connectivity index (χ2n) is 7.82. The molecule has 2 aromatic heterocycles. The Hall–Kier alpha value is -4.21. The Morgan fingerprint density at radius 3 is 2.39 bits per heavy atom. The molecule has 5 aromatic rings. The van der Waals surface area contributed by atoms with Crippen molar-refractivity contribution in [1.29, 1.82) is 0 Å². The van der Waals surface area contributed by atoms with Crippen molar-refractivity contribution < 1.29 is 9.53 Å². The molecule has 11 heteroatoms. The van der Waals surface area contributed by atoms with Crippen LogP contribution in [0.5, 0.6) is 5.75 Å². The summed E-state index contributed by atoms with van der Waals surface area (Å²) in [6.07, 6.45) is 0. The van der Waals surface area contributed by atoms with E-state index in [1.165, 1.54) is 0 Å². The number of ether oxygens (including phenoxy) is 1. The SMILES string of the molecule is COc1ccc(-c2cc(-c3ccc(Cl)c(Cl)c3)nn2Cc2ccc(C(=O)Nc3nn[nH]n3)cc2)cc1. The van der Waals surface area contributed by atoms with Crippen LogP contribution in [0.25, 0.3) is 22.5 Å². The van der Waals surface area contributed by atoms with Crippen LogP contribution in [0.3, 0.4) is 0 Å². The fourth-order valence-corrected chi connectivity index (χ4v) is 3.95. The van der Waals surface area contributed by atoms with Crippen molar-refractivity contribution in [2.24, 2.45) is 0 Å². The zero-order chi connectivity index (χ0) is 25.1. The largest absolute Gasteiger partial charge is 0.497 e. The highest BCUT2D eigenvalue weighted by Crippen LogP contribution is 2.31. The van der Waals surface area contributed by atoms with E-state index in [-0.39, 0.29) is 11.9 Å². The number of carbonyl (C=O) groups is 1. The summed E-state index contributed by atoms with van der Waals surface area (Å²) < 4.78 is 7.21. The highest BCUT2D eigenvalue weighted by atomic mass is 35.5. The van der Waals surface area contributed by atoms with Crippen molar-refractivity contribution in [3.63, 3.8) is 0 Å². The van der Waals surface area contributed by atoms with Gasteiger partial charge in [-0.1, -0.05) is 46.5 Å². The maximum absolute atomic E-state index is 12.4. The molecule has 0 unspecified atom stereocenters. The van der Waals surface area contributed by atoms with Crippen LogP contribution in [0.2, 0.25) is 10.0 Å². The molecule has 5 rings (SSSR count). The Morgan fingerprint density at radius 1 is 0.972 bits per heavy atom. The summed E-state index contributed by atoms with van der Waals surface area (Å²) in [5.41, 5.74) is 4.94. The topological polar surface area (TPSA) is 111 Å². The van der Waals surface area contributed by atoms with Gasteiger partial charge >= 0.3 is 0 Å². The lowest BCUT2D eigenvalue weighted by Crippen LogP contribution is -2.13. The summed E-state index contributed by atoms with van der Waals surface area (Å²) in [6.45, 7) is 0.482. The molecule has 0 atom stereocenters. The number of nitrogens with zero attached hydrogens (tertiary/aromatic N) is 5. The van der Waals surface area contributed by atoms with Gasteiger partial charge in [0.15, 0.2) is 0 Å². The molecule has 36 heavy (non-hydrogen) atoms. The molecule has 0 aliphatic heterocycles. The number of aromatic amines is 1. The molecule has 2 heterocycles. The quantitative estimate of drug-likeness (QED) is 0.300. The number of rotatable bonds is 7. The van der Waals surface area contributed by atoms with Crippen LogP contribution < -0.4 is 10.1 Å². The highest BCUT2D eigenvalue weighted by Gasteiger charge is 2.14. The zero-order valence-corrected chi connectivity index (χ0v) is 20.5. The Bertz CT molecular complexity index is 1500. The van der Waals surface area contributed by atoms with Crippen molar-refractivity contribution in [1.82, 2.24) is 30.4 Å². The lowest BCUT2D eigenvalue weighted by Gasteiger charge is -2.09. The molecule has 9 nitrogen and oxygen atoms in total. The number of H-pyrrole nitrogens is 1. The minimum atomic E-state index is -0.331. The first-order chi connectivity index (χ1) is 17.5. The van der Waals surface area contributed by atoms with Crippen molar-refractivity contribution in [2.45, 2.75) is 6.54 Å². The summed E-state index contributed by atoms with van der Waals surface area (Å²) in [5, 5.41) is 21.5. The van der Waals surface area contributed by atoms with E-state index in [4.69, 9.17) is 33.0 Å². The molecule has 0 spiro atoms. The van der Waals surface area contributed by atoms with Gasteiger partial charge in [-0.2, -0.15) is 10.3 Å². The molecule has 0 radical (unpaired) electrons. The lowest BCUT2D eigenvalue weighted by molar-refractivity contribution is 0.102. The third-order valence-electron chi connectivity index (χ3n) is 5.50. The third-order valence-corrected chi connectivity index (χ3v) is 6.24. The average Bonchev–Trinajstić information content (AvgIpc) is 3.56. The number of amides is 1. The van der Waals surface area contributed by atoms with Gasteiger partial charge in [-0.05, 0) is 65.4 Å². The number of benzene rings is 3. The van der Waals surface area contributed by atoms with Crippen LogP contribution >= 0.6 is 23.2 Å². The fraction of sp³-hybridized carbons (Fsp3) is 0.0800. The standard InChI is InChI=1S/C25H19Cl2N7O2/c1-36-19-9-6-16(7-10-19)23-13-22(18-8-11-20(26)21(27)12-18)31-34(23)14-15-2-4-17(5-3-15)24(35)28-25-29-32-33-30-25/h2-13H,14H2,1H3,(H2,28,29,30,32,33,35). The van der Waals surface area contributed by atoms with Gasteiger partial charge in [0.2, 0.25) is 0 Å². The van der Waals surface area contributed by atoms with Crippen LogP contribution in [-0.4, -0.2) is 43.4 Å². The predicted octanol–water partition coefficient (Wildman–Crippen LogP) is 5.35. The first-order valence-electron chi connectivity index (χ1n) is 10.8. The average molecular weight is 520 g/mol. The van der Waals surface area contributed by atoms with Crippen LogP contribution in [0.15, 0.2) is 72.8 Å². The van der Waals surface area contributed by atoms with E-state index in [1.54, 1.807) is 31.4 Å². The first kappa shape index (κ1) is 23.5. The number of nitrogens with one attached hydrogen (secondary N) is 2. The van der Waals surface area contributed by atoms with E-state index in [0.29, 0.717) is 22.2 Å². The van der Waals surface area contributed by atoms with Crippen molar-refractivity contribution in [3.8, 4) is 28.3 Å². The van der Waals surface area contributed by atoms with Crippen LogP contribution in [-0.2, 0) is 6.54 Å². The summed E-state index contributed by atoms with van der Waals surface area (Å²) in [4.78, 5) is 12.4. The van der Waals surface area contributed by atoms with Crippen molar-refractivity contribution >= 4 is 35.1 Å².